The number of rotatable bonds is 22. The molecule has 0 amide bonds. The van der Waals surface area contributed by atoms with E-state index in [1.807, 2.05) is 99.9 Å². The molecular formula is C37H54N2O15Si3. The summed E-state index contributed by atoms with van der Waals surface area (Å²) in [6, 6.07) is 20.3. The van der Waals surface area contributed by atoms with Gasteiger partial charge in [0.2, 0.25) is 0 Å². The Bertz CT molecular complexity index is 1760. The highest BCUT2D eigenvalue weighted by Crippen LogP contribution is 2.36. The fraction of sp³-hybridized carbons (Fsp3) is 0.514. The van der Waals surface area contributed by atoms with Crippen LogP contribution in [0.15, 0.2) is 82.5 Å². The number of esters is 2. The van der Waals surface area contributed by atoms with Crippen molar-refractivity contribution in [1.29, 1.82) is 0 Å². The Hall–Kier alpha value is -3.65. The van der Waals surface area contributed by atoms with Crippen LogP contribution >= 0.6 is 0 Å². The van der Waals surface area contributed by atoms with E-state index in [0.717, 1.165) is 21.8 Å². The summed E-state index contributed by atoms with van der Waals surface area (Å²) in [5, 5.41) is 11.9. The smallest absolute Gasteiger partial charge is 0.463 e. The van der Waals surface area contributed by atoms with Gasteiger partial charge in [0, 0.05) is 26.1 Å². The zero-order valence-corrected chi connectivity index (χ0v) is 36.5. The Labute approximate surface area is 334 Å². The zero-order valence-electron chi connectivity index (χ0n) is 33.5. The maximum atomic E-state index is 13.1. The Morgan fingerprint density at radius 3 is 1.75 bits per heavy atom. The number of aliphatic hydroxyl groups is 1. The minimum atomic E-state index is -4.18. The summed E-state index contributed by atoms with van der Waals surface area (Å²) < 4.78 is 62.1. The van der Waals surface area contributed by atoms with E-state index in [-0.39, 0.29) is 33.0 Å². The van der Waals surface area contributed by atoms with Gasteiger partial charge in [-0.25, -0.2) is 4.79 Å². The molecule has 0 bridgehead atoms. The molecule has 20 heteroatoms. The molecule has 0 spiro atoms. The number of H-pyrrole nitrogens is 1. The molecule has 1 aromatic heterocycles. The monoisotopic (exact) mass is 850 g/mol. The highest BCUT2D eigenvalue weighted by atomic mass is 28.5. The normalized spacial score (nSPS) is 18.9. The lowest BCUT2D eigenvalue weighted by molar-refractivity contribution is -0.321. The van der Waals surface area contributed by atoms with Crippen molar-refractivity contribution in [1.82, 2.24) is 9.55 Å². The van der Waals surface area contributed by atoms with Crippen LogP contribution in [0.2, 0.25) is 39.3 Å². The molecule has 1 aliphatic heterocycles. The quantitative estimate of drug-likeness (QED) is 0.0643. The molecular weight excluding hydrogens is 797 g/mol. The molecule has 57 heavy (non-hydrogen) atoms. The number of carbonyl (C=O) groups excluding carboxylic acids is 2. The Kier molecular flexibility index (Phi) is 16.9. The van der Waals surface area contributed by atoms with Crippen molar-refractivity contribution in [2.75, 3.05) is 33.0 Å². The summed E-state index contributed by atoms with van der Waals surface area (Å²) >= 11 is 0. The van der Waals surface area contributed by atoms with Crippen molar-refractivity contribution < 1.29 is 60.2 Å². The second-order valence-electron chi connectivity index (χ2n) is 14.9. The fourth-order valence-electron chi connectivity index (χ4n) is 5.59. The van der Waals surface area contributed by atoms with Crippen molar-refractivity contribution >= 4 is 37.6 Å². The van der Waals surface area contributed by atoms with Gasteiger partial charge in [-0.1, -0.05) is 60.7 Å². The third-order valence-corrected chi connectivity index (χ3v) is 15.7. The van der Waals surface area contributed by atoms with Crippen molar-refractivity contribution in [3.8, 4) is 0 Å². The van der Waals surface area contributed by atoms with E-state index in [1.165, 1.54) is 20.0 Å². The molecule has 1 saturated heterocycles. The van der Waals surface area contributed by atoms with Gasteiger partial charge in [0.1, 0.15) is 37.6 Å². The van der Waals surface area contributed by atoms with Crippen LogP contribution in [-0.4, -0.2) is 110 Å². The van der Waals surface area contributed by atoms with E-state index in [4.69, 9.17) is 45.5 Å². The molecule has 2 aromatic carbocycles. The lowest BCUT2D eigenvalue weighted by Gasteiger charge is -2.40. The van der Waals surface area contributed by atoms with E-state index in [0.29, 0.717) is 0 Å². The molecule has 3 aromatic rings. The molecule has 314 valence electrons. The van der Waals surface area contributed by atoms with Crippen LogP contribution in [0.1, 0.15) is 37.3 Å². The first-order chi connectivity index (χ1) is 26.8. The number of hydrogen-bond acceptors (Lipinski definition) is 15. The molecule has 0 aliphatic carbocycles. The number of ether oxygens (including phenoxy) is 6. The number of nitrogens with one attached hydrogen (secondary N) is 1. The fourth-order valence-corrected chi connectivity index (χ4v) is 14.0. The van der Waals surface area contributed by atoms with E-state index in [1.54, 1.807) is 0 Å². The van der Waals surface area contributed by atoms with Gasteiger partial charge in [0.25, 0.3) is 12.0 Å². The van der Waals surface area contributed by atoms with Gasteiger partial charge in [-0.15, -0.1) is 0 Å². The van der Waals surface area contributed by atoms with Gasteiger partial charge >= 0.3 is 26.7 Å². The molecule has 2 N–H and O–H groups in total. The summed E-state index contributed by atoms with van der Waals surface area (Å²) in [6.45, 7) is 11.8. The maximum absolute atomic E-state index is 13.1. The summed E-state index contributed by atoms with van der Waals surface area (Å²) in [7, 11) is -9.20. The lowest BCUT2D eigenvalue weighted by atomic mass is 10.0. The Balaban J connectivity index is 1.70. The number of hydrogen-bond donors (Lipinski definition) is 2. The van der Waals surface area contributed by atoms with Crippen LogP contribution in [0.3, 0.4) is 0 Å². The minimum absolute atomic E-state index is 0.153. The summed E-state index contributed by atoms with van der Waals surface area (Å²) in [5.41, 5.74) is 0.167. The van der Waals surface area contributed by atoms with E-state index < -0.39 is 86.0 Å². The van der Waals surface area contributed by atoms with Crippen molar-refractivity contribution in [3.63, 3.8) is 0 Å². The third-order valence-electron chi connectivity index (χ3n) is 7.75. The first-order valence-corrected chi connectivity index (χ1v) is 26.9. The van der Waals surface area contributed by atoms with Crippen LogP contribution < -0.4 is 11.2 Å². The highest BCUT2D eigenvalue weighted by molar-refractivity contribution is 6.83. The van der Waals surface area contributed by atoms with Gasteiger partial charge in [-0.05, 0) is 50.4 Å². The summed E-state index contributed by atoms with van der Waals surface area (Å²) in [6.07, 6.45) is -4.92. The molecule has 1 aliphatic rings. The van der Waals surface area contributed by atoms with Gasteiger partial charge in [-0.3, -0.25) is 23.9 Å². The van der Waals surface area contributed by atoms with Gasteiger partial charge < -0.3 is 50.6 Å². The van der Waals surface area contributed by atoms with Gasteiger partial charge in [0.15, 0.2) is 22.9 Å². The van der Waals surface area contributed by atoms with Crippen LogP contribution in [0.5, 0.6) is 0 Å². The predicted octanol–water partition coefficient (Wildman–Crippen LogP) is 3.58. The minimum Gasteiger partial charge on any atom is -0.463 e. The average Bonchev–Trinajstić information content (AvgIpc) is 3.42. The maximum Gasteiger partial charge on any atom is 0.659 e. The predicted molar refractivity (Wildman–Crippen MR) is 211 cm³/mol. The Morgan fingerprint density at radius 1 is 0.789 bits per heavy atom. The number of aliphatic hydroxyl groups excluding tert-OH is 1. The molecule has 0 saturated carbocycles. The van der Waals surface area contributed by atoms with Crippen LogP contribution in [0, 0.1) is 0 Å². The number of aromatic amines is 1. The van der Waals surface area contributed by atoms with E-state index >= 15 is 0 Å². The summed E-state index contributed by atoms with van der Waals surface area (Å²) in [4.78, 5) is 50.0. The van der Waals surface area contributed by atoms with Crippen molar-refractivity contribution in [2.45, 2.75) is 90.2 Å². The van der Waals surface area contributed by atoms with Crippen LogP contribution in [-0.2, 0) is 55.1 Å². The number of carbonyl (C=O) groups is 2. The standard InChI is InChI=1S/C37H54N2O15Si3/c1-26(40)45-21-23-47-37(48-24-22-46-27(2)41)51-34-32(43)30(50-35(34)39-20-19-31(42)38-36(39)44)25-49-57(53-55(3,4)5,54-56(6,7)8)52-33(28-15-11-9-12-16-28)29-17-13-10-14-18-29/h9-20,30,32-35,37,43H,21-25H2,1-8H3,(H,38,42,44)/t30-,32?,34?,35-/m0/s1. The largest absolute Gasteiger partial charge is 0.659 e. The van der Waals surface area contributed by atoms with Crippen molar-refractivity contribution in [3.05, 3.63) is 105 Å². The van der Waals surface area contributed by atoms with Gasteiger partial charge in [0.05, 0.1) is 19.8 Å². The average molecular weight is 851 g/mol. The molecule has 4 rings (SSSR count). The molecule has 1 fully saturated rings. The molecule has 2 unspecified atom stereocenters. The number of nitrogens with zero attached hydrogens (tertiary/aromatic N) is 1. The van der Waals surface area contributed by atoms with Crippen molar-refractivity contribution in [2.24, 2.45) is 0 Å². The SMILES string of the molecule is CC(=O)OCCOC(OCCOC(C)=O)OC1C(O)[C@H](CO[Si](OC(c2ccccc2)c2ccccc2)(O[Si](C)(C)C)O[Si](C)(C)C)O[C@@H]1n1ccc(=O)[nH]c1=O. The number of benzene rings is 2. The van der Waals surface area contributed by atoms with Crippen LogP contribution in [0.4, 0.5) is 0 Å². The first kappa shape index (κ1) is 46.0. The molecule has 17 nitrogen and oxygen atoms in total. The lowest BCUT2D eigenvalue weighted by Crippen LogP contribution is -2.60. The molecule has 4 atom stereocenters. The van der Waals surface area contributed by atoms with E-state index in [2.05, 4.69) is 4.98 Å². The molecule has 0 radical (unpaired) electrons. The highest BCUT2D eigenvalue weighted by Gasteiger charge is 2.56. The number of aromatic nitrogens is 2. The topological polar surface area (TPSA) is 202 Å². The third kappa shape index (κ3) is 14.9. The van der Waals surface area contributed by atoms with E-state index in [9.17, 15) is 24.3 Å². The van der Waals surface area contributed by atoms with Crippen LogP contribution in [0.25, 0.3) is 0 Å². The van der Waals surface area contributed by atoms with Gasteiger partial charge in [-0.2, -0.15) is 0 Å². The second-order valence-corrected chi connectivity index (χ2v) is 26.6. The second kappa shape index (κ2) is 20.9. The first-order valence-electron chi connectivity index (χ1n) is 18.5. The zero-order chi connectivity index (χ0) is 41.8. The molecule has 2 heterocycles. The summed E-state index contributed by atoms with van der Waals surface area (Å²) in [5.74, 6) is -1.07. The Morgan fingerprint density at radius 2 is 1.30 bits per heavy atom.